The van der Waals surface area contributed by atoms with Gasteiger partial charge >= 0.3 is 0 Å². The molecule has 1 atom stereocenters. The largest absolute Gasteiger partial charge is 0.392 e. The van der Waals surface area contributed by atoms with Gasteiger partial charge in [0.25, 0.3) is 0 Å². The Morgan fingerprint density at radius 2 is 1.93 bits per heavy atom. The van der Waals surface area contributed by atoms with E-state index in [1.807, 2.05) is 19.9 Å². The van der Waals surface area contributed by atoms with E-state index in [9.17, 15) is 0 Å². The fourth-order valence-electron chi connectivity index (χ4n) is 1.18. The SMILES string of the molecule is CCNc1cc(NCC(C)O)nc(C)n1. The number of anilines is 2. The zero-order chi connectivity index (χ0) is 11.3. The highest BCUT2D eigenvalue weighted by Crippen LogP contribution is 2.10. The smallest absolute Gasteiger partial charge is 0.131 e. The first-order chi connectivity index (χ1) is 7.11. The highest BCUT2D eigenvalue weighted by Gasteiger charge is 2.01. The van der Waals surface area contributed by atoms with Crippen LogP contribution in [0, 0.1) is 6.92 Å². The second-order valence-corrected chi connectivity index (χ2v) is 3.45. The number of aliphatic hydroxyl groups excluding tert-OH is 1. The molecule has 0 aromatic carbocycles. The lowest BCUT2D eigenvalue weighted by atomic mass is 10.4. The van der Waals surface area contributed by atoms with E-state index in [0.717, 1.165) is 18.2 Å². The van der Waals surface area contributed by atoms with Crippen LogP contribution in [0.5, 0.6) is 0 Å². The summed E-state index contributed by atoms with van der Waals surface area (Å²) in [6.45, 7) is 6.90. The number of nitrogens with one attached hydrogen (secondary N) is 2. The molecule has 1 aromatic heterocycles. The molecule has 5 heteroatoms. The fraction of sp³-hybridized carbons (Fsp3) is 0.600. The standard InChI is InChI=1S/C10H18N4O/c1-4-11-9-5-10(12-6-7(2)15)14-8(3)13-9/h5,7,15H,4,6H2,1-3H3,(H2,11,12,13,14). The lowest BCUT2D eigenvalue weighted by Gasteiger charge is -2.10. The summed E-state index contributed by atoms with van der Waals surface area (Å²) < 4.78 is 0. The zero-order valence-electron chi connectivity index (χ0n) is 9.41. The third kappa shape index (κ3) is 4.12. The highest BCUT2D eigenvalue weighted by atomic mass is 16.3. The third-order valence-electron chi connectivity index (χ3n) is 1.77. The number of aliphatic hydroxyl groups is 1. The minimum Gasteiger partial charge on any atom is -0.392 e. The monoisotopic (exact) mass is 210 g/mol. The lowest BCUT2D eigenvalue weighted by molar-refractivity contribution is 0.208. The van der Waals surface area contributed by atoms with Gasteiger partial charge in [0.15, 0.2) is 0 Å². The molecule has 3 N–H and O–H groups in total. The number of nitrogens with zero attached hydrogens (tertiary/aromatic N) is 2. The molecular formula is C10H18N4O. The van der Waals surface area contributed by atoms with Crippen LogP contribution in [0.25, 0.3) is 0 Å². The lowest BCUT2D eigenvalue weighted by Crippen LogP contribution is -2.16. The Morgan fingerprint density at radius 3 is 2.47 bits per heavy atom. The molecule has 0 saturated heterocycles. The van der Waals surface area contributed by atoms with Gasteiger partial charge in [0.2, 0.25) is 0 Å². The van der Waals surface area contributed by atoms with Crippen LogP contribution >= 0.6 is 0 Å². The van der Waals surface area contributed by atoms with Gasteiger partial charge in [-0.05, 0) is 20.8 Å². The van der Waals surface area contributed by atoms with Gasteiger partial charge in [-0.2, -0.15) is 0 Å². The van der Waals surface area contributed by atoms with Crippen molar-refractivity contribution in [3.63, 3.8) is 0 Å². The maximum atomic E-state index is 9.13. The van der Waals surface area contributed by atoms with Gasteiger partial charge in [-0.1, -0.05) is 0 Å². The molecule has 1 unspecified atom stereocenters. The molecule has 0 aliphatic rings. The Balaban J connectivity index is 2.70. The Labute approximate surface area is 90.0 Å². The van der Waals surface area contributed by atoms with Crippen molar-refractivity contribution in [3.05, 3.63) is 11.9 Å². The van der Waals surface area contributed by atoms with Crippen LogP contribution in [0.4, 0.5) is 11.6 Å². The number of aromatic nitrogens is 2. The van der Waals surface area contributed by atoms with Gasteiger partial charge in [-0.15, -0.1) is 0 Å². The van der Waals surface area contributed by atoms with Gasteiger partial charge in [0.1, 0.15) is 17.5 Å². The number of hydrogen-bond acceptors (Lipinski definition) is 5. The Kier molecular flexibility index (Phi) is 4.30. The molecule has 0 saturated carbocycles. The number of rotatable bonds is 5. The van der Waals surface area contributed by atoms with E-state index in [4.69, 9.17) is 5.11 Å². The summed E-state index contributed by atoms with van der Waals surface area (Å²) in [6, 6.07) is 1.83. The summed E-state index contributed by atoms with van der Waals surface area (Å²) in [7, 11) is 0. The molecule has 0 amide bonds. The molecule has 0 bridgehead atoms. The predicted molar refractivity (Wildman–Crippen MR) is 61.1 cm³/mol. The van der Waals surface area contributed by atoms with Crippen molar-refractivity contribution in [2.75, 3.05) is 23.7 Å². The molecular weight excluding hydrogens is 192 g/mol. The molecule has 0 aliphatic carbocycles. The van der Waals surface area contributed by atoms with Crippen molar-refractivity contribution < 1.29 is 5.11 Å². The first-order valence-electron chi connectivity index (χ1n) is 5.13. The van der Waals surface area contributed by atoms with Crippen LogP contribution in [0.2, 0.25) is 0 Å². The molecule has 0 aliphatic heterocycles. The van der Waals surface area contributed by atoms with Crippen LogP contribution in [0.1, 0.15) is 19.7 Å². The predicted octanol–water partition coefficient (Wildman–Crippen LogP) is 1.01. The molecule has 15 heavy (non-hydrogen) atoms. The second-order valence-electron chi connectivity index (χ2n) is 3.45. The van der Waals surface area contributed by atoms with Gasteiger partial charge in [0, 0.05) is 19.2 Å². The van der Waals surface area contributed by atoms with E-state index in [1.54, 1.807) is 6.92 Å². The number of hydrogen-bond donors (Lipinski definition) is 3. The van der Waals surface area contributed by atoms with E-state index < -0.39 is 0 Å². The average Bonchev–Trinajstić information content (AvgIpc) is 2.14. The minimum absolute atomic E-state index is 0.386. The van der Waals surface area contributed by atoms with Crippen molar-refractivity contribution in [3.8, 4) is 0 Å². The Hall–Kier alpha value is -1.36. The first kappa shape index (κ1) is 11.7. The average molecular weight is 210 g/mol. The van der Waals surface area contributed by atoms with Crippen LogP contribution < -0.4 is 10.6 Å². The van der Waals surface area contributed by atoms with Crippen molar-refractivity contribution in [1.29, 1.82) is 0 Å². The zero-order valence-corrected chi connectivity index (χ0v) is 9.41. The van der Waals surface area contributed by atoms with Gasteiger partial charge in [0.05, 0.1) is 6.10 Å². The van der Waals surface area contributed by atoms with Gasteiger partial charge in [-0.3, -0.25) is 0 Å². The summed E-state index contributed by atoms with van der Waals surface area (Å²) in [5.41, 5.74) is 0. The fourth-order valence-corrected chi connectivity index (χ4v) is 1.18. The van der Waals surface area contributed by atoms with Crippen molar-refractivity contribution in [2.45, 2.75) is 26.9 Å². The normalized spacial score (nSPS) is 12.3. The molecule has 5 nitrogen and oxygen atoms in total. The van der Waals surface area contributed by atoms with Gasteiger partial charge in [-0.25, -0.2) is 9.97 Å². The molecule has 0 radical (unpaired) electrons. The van der Waals surface area contributed by atoms with Crippen molar-refractivity contribution in [1.82, 2.24) is 9.97 Å². The van der Waals surface area contributed by atoms with Crippen LogP contribution in [-0.2, 0) is 0 Å². The second kappa shape index (κ2) is 5.50. The third-order valence-corrected chi connectivity index (χ3v) is 1.77. The summed E-state index contributed by atoms with van der Waals surface area (Å²) in [4.78, 5) is 8.44. The molecule has 0 fully saturated rings. The quantitative estimate of drug-likeness (QED) is 0.676. The summed E-state index contributed by atoms with van der Waals surface area (Å²) >= 11 is 0. The maximum absolute atomic E-state index is 9.13. The Bertz CT molecular complexity index is 314. The van der Waals surface area contributed by atoms with E-state index >= 15 is 0 Å². The van der Waals surface area contributed by atoms with Crippen LogP contribution in [0.3, 0.4) is 0 Å². The van der Waals surface area contributed by atoms with E-state index in [0.29, 0.717) is 12.4 Å². The Morgan fingerprint density at radius 1 is 1.33 bits per heavy atom. The topological polar surface area (TPSA) is 70.1 Å². The van der Waals surface area contributed by atoms with E-state index in [2.05, 4.69) is 20.6 Å². The number of aryl methyl sites for hydroxylation is 1. The van der Waals surface area contributed by atoms with E-state index in [1.165, 1.54) is 0 Å². The molecule has 84 valence electrons. The van der Waals surface area contributed by atoms with E-state index in [-0.39, 0.29) is 6.10 Å². The summed E-state index contributed by atoms with van der Waals surface area (Å²) in [6.07, 6.45) is -0.386. The van der Waals surface area contributed by atoms with Crippen LogP contribution in [-0.4, -0.2) is 34.3 Å². The maximum Gasteiger partial charge on any atom is 0.131 e. The molecule has 0 spiro atoms. The van der Waals surface area contributed by atoms with Crippen LogP contribution in [0.15, 0.2) is 6.07 Å². The molecule has 1 heterocycles. The molecule has 1 aromatic rings. The summed E-state index contributed by atoms with van der Waals surface area (Å²) in [5.74, 6) is 2.25. The summed E-state index contributed by atoms with van der Waals surface area (Å²) in [5, 5.41) is 15.3. The van der Waals surface area contributed by atoms with Crippen molar-refractivity contribution in [2.24, 2.45) is 0 Å². The first-order valence-corrected chi connectivity index (χ1v) is 5.13. The molecule has 1 rings (SSSR count). The van der Waals surface area contributed by atoms with Crippen molar-refractivity contribution >= 4 is 11.6 Å². The highest BCUT2D eigenvalue weighted by molar-refractivity contribution is 5.47. The van der Waals surface area contributed by atoms with Gasteiger partial charge < -0.3 is 15.7 Å². The minimum atomic E-state index is -0.386.